The maximum atomic E-state index is 8.80. The van der Waals surface area contributed by atoms with Gasteiger partial charge in [-0.15, -0.1) is 0 Å². The molecule has 1 aliphatic carbocycles. The third kappa shape index (κ3) is 3.33. The molecule has 1 heteroatoms. The molecular formula is C16H21N. The minimum atomic E-state index is 0.121. The average Bonchev–Trinajstić information content (AvgIpc) is 2.40. The molecule has 1 fully saturated rings. The molecule has 0 aliphatic heterocycles. The van der Waals surface area contributed by atoms with Crippen molar-refractivity contribution in [1.29, 1.82) is 5.26 Å². The molecule has 0 radical (unpaired) electrons. The third-order valence-electron chi connectivity index (χ3n) is 3.82. The normalized spacial score (nSPS) is 18.6. The summed E-state index contributed by atoms with van der Waals surface area (Å²) in [6, 6.07) is 11.3. The van der Waals surface area contributed by atoms with E-state index in [-0.39, 0.29) is 5.92 Å². The maximum absolute atomic E-state index is 8.80. The van der Waals surface area contributed by atoms with Crippen LogP contribution in [0.2, 0.25) is 0 Å². The van der Waals surface area contributed by atoms with E-state index in [1.165, 1.54) is 43.2 Å². The molecule has 1 aromatic carbocycles. The van der Waals surface area contributed by atoms with Crippen LogP contribution in [0.15, 0.2) is 24.3 Å². The molecular weight excluding hydrogens is 206 g/mol. The second-order valence-electron chi connectivity index (χ2n) is 5.31. The quantitative estimate of drug-likeness (QED) is 0.749. The van der Waals surface area contributed by atoms with Gasteiger partial charge in [0.2, 0.25) is 0 Å². The van der Waals surface area contributed by atoms with Crippen molar-refractivity contribution in [2.45, 2.75) is 51.4 Å². The molecule has 0 aromatic heterocycles. The fraction of sp³-hybridized carbons (Fsp3) is 0.562. The van der Waals surface area contributed by atoms with Gasteiger partial charge in [-0.25, -0.2) is 0 Å². The Kier molecular flexibility index (Phi) is 4.20. The summed E-state index contributed by atoms with van der Waals surface area (Å²) in [5.41, 5.74) is 2.79. The highest BCUT2D eigenvalue weighted by atomic mass is 14.3. The number of benzene rings is 1. The predicted octanol–water partition coefficient (Wildman–Crippen LogP) is 4.44. The van der Waals surface area contributed by atoms with Crippen molar-refractivity contribution in [2.75, 3.05) is 0 Å². The Hall–Kier alpha value is -1.29. The van der Waals surface area contributed by atoms with Crippen LogP contribution in [0, 0.1) is 17.2 Å². The number of rotatable bonds is 3. The Morgan fingerprint density at radius 2 is 1.82 bits per heavy atom. The van der Waals surface area contributed by atoms with E-state index < -0.39 is 0 Å². The van der Waals surface area contributed by atoms with Crippen molar-refractivity contribution in [3.63, 3.8) is 0 Å². The summed E-state index contributed by atoms with van der Waals surface area (Å²) < 4.78 is 0. The van der Waals surface area contributed by atoms with Crippen molar-refractivity contribution in [1.82, 2.24) is 0 Å². The topological polar surface area (TPSA) is 23.8 Å². The molecule has 0 heterocycles. The first-order valence-electron chi connectivity index (χ1n) is 6.78. The van der Waals surface area contributed by atoms with Crippen LogP contribution in [0.5, 0.6) is 0 Å². The summed E-state index contributed by atoms with van der Waals surface area (Å²) in [6.45, 7) is 1.98. The van der Waals surface area contributed by atoms with Gasteiger partial charge in [0.05, 0.1) is 6.07 Å². The zero-order valence-electron chi connectivity index (χ0n) is 10.7. The molecule has 2 rings (SSSR count). The summed E-state index contributed by atoms with van der Waals surface area (Å²) in [5, 5.41) is 8.80. The van der Waals surface area contributed by atoms with Crippen molar-refractivity contribution in [3.8, 4) is 6.07 Å². The van der Waals surface area contributed by atoms with Gasteiger partial charge in [0.15, 0.2) is 0 Å². The lowest BCUT2D eigenvalue weighted by molar-refractivity contribution is 0.443. The van der Waals surface area contributed by atoms with E-state index in [0.717, 1.165) is 12.3 Å². The van der Waals surface area contributed by atoms with Crippen LogP contribution in [-0.2, 0) is 6.42 Å². The van der Waals surface area contributed by atoms with E-state index in [0.29, 0.717) is 0 Å². The third-order valence-corrected chi connectivity index (χ3v) is 3.82. The smallest absolute Gasteiger partial charge is 0.0656 e. The van der Waals surface area contributed by atoms with Gasteiger partial charge < -0.3 is 0 Å². The Bertz CT molecular complexity index is 379. The number of nitrogens with zero attached hydrogens (tertiary/aromatic N) is 1. The van der Waals surface area contributed by atoms with Gasteiger partial charge >= 0.3 is 0 Å². The zero-order valence-corrected chi connectivity index (χ0v) is 10.7. The highest BCUT2D eigenvalue weighted by Gasteiger charge is 2.15. The number of hydrogen-bond donors (Lipinski definition) is 0. The van der Waals surface area contributed by atoms with Gasteiger partial charge in [-0.3, -0.25) is 0 Å². The molecule has 1 unspecified atom stereocenters. The minimum absolute atomic E-state index is 0.121. The maximum Gasteiger partial charge on any atom is 0.0656 e. The lowest BCUT2D eigenvalue weighted by Gasteiger charge is -2.22. The predicted molar refractivity (Wildman–Crippen MR) is 70.7 cm³/mol. The van der Waals surface area contributed by atoms with Gasteiger partial charge in [-0.2, -0.15) is 5.26 Å². The molecule has 1 aliphatic rings. The molecule has 0 amide bonds. The Balaban J connectivity index is 2.00. The van der Waals surface area contributed by atoms with Crippen molar-refractivity contribution < 1.29 is 0 Å². The fourth-order valence-electron chi connectivity index (χ4n) is 2.76. The largest absolute Gasteiger partial charge is 0.198 e. The summed E-state index contributed by atoms with van der Waals surface area (Å²) in [6.07, 6.45) is 7.77. The van der Waals surface area contributed by atoms with Gasteiger partial charge in [-0.1, -0.05) is 43.5 Å². The first kappa shape index (κ1) is 12.2. The average molecular weight is 227 g/mol. The Labute approximate surface area is 104 Å². The molecule has 0 N–H and O–H groups in total. The second kappa shape index (κ2) is 5.87. The molecule has 1 aromatic rings. The van der Waals surface area contributed by atoms with Crippen LogP contribution in [0.25, 0.3) is 0 Å². The van der Waals surface area contributed by atoms with E-state index >= 15 is 0 Å². The Morgan fingerprint density at radius 1 is 1.18 bits per heavy atom. The van der Waals surface area contributed by atoms with Crippen LogP contribution < -0.4 is 0 Å². The first-order chi connectivity index (χ1) is 8.29. The molecule has 1 atom stereocenters. The summed E-state index contributed by atoms with van der Waals surface area (Å²) in [4.78, 5) is 0. The number of nitriles is 1. The molecule has 0 saturated heterocycles. The molecule has 0 bridgehead atoms. The van der Waals surface area contributed by atoms with Gasteiger partial charge in [-0.05, 0) is 43.2 Å². The van der Waals surface area contributed by atoms with Crippen LogP contribution in [0.4, 0.5) is 0 Å². The fourth-order valence-corrected chi connectivity index (χ4v) is 2.76. The minimum Gasteiger partial charge on any atom is -0.198 e. The van der Waals surface area contributed by atoms with Crippen molar-refractivity contribution >= 4 is 0 Å². The first-order valence-corrected chi connectivity index (χ1v) is 6.78. The van der Waals surface area contributed by atoms with Crippen molar-refractivity contribution in [3.05, 3.63) is 35.4 Å². The molecule has 1 nitrogen and oxygen atoms in total. The van der Waals surface area contributed by atoms with E-state index in [1.807, 2.05) is 6.92 Å². The zero-order chi connectivity index (χ0) is 12.1. The highest BCUT2D eigenvalue weighted by Crippen LogP contribution is 2.32. The highest BCUT2D eigenvalue weighted by molar-refractivity contribution is 5.26. The molecule has 17 heavy (non-hydrogen) atoms. The molecule has 1 saturated carbocycles. The van der Waals surface area contributed by atoms with E-state index in [4.69, 9.17) is 5.26 Å². The lowest BCUT2D eigenvalue weighted by atomic mass is 9.83. The molecule has 0 spiro atoms. The van der Waals surface area contributed by atoms with Crippen LogP contribution >= 0.6 is 0 Å². The second-order valence-corrected chi connectivity index (χ2v) is 5.31. The molecule has 90 valence electrons. The van der Waals surface area contributed by atoms with Crippen LogP contribution in [0.1, 0.15) is 56.1 Å². The Morgan fingerprint density at radius 3 is 2.41 bits per heavy atom. The van der Waals surface area contributed by atoms with E-state index in [9.17, 15) is 0 Å². The van der Waals surface area contributed by atoms with Crippen LogP contribution in [-0.4, -0.2) is 0 Å². The monoisotopic (exact) mass is 227 g/mol. The lowest BCUT2D eigenvalue weighted by Crippen LogP contribution is -2.04. The summed E-state index contributed by atoms with van der Waals surface area (Å²) >= 11 is 0. The van der Waals surface area contributed by atoms with E-state index in [2.05, 4.69) is 30.3 Å². The van der Waals surface area contributed by atoms with Crippen molar-refractivity contribution in [2.24, 2.45) is 5.92 Å². The summed E-state index contributed by atoms with van der Waals surface area (Å²) in [5.74, 6) is 0.904. The van der Waals surface area contributed by atoms with Gasteiger partial charge in [0.25, 0.3) is 0 Å². The standard InChI is InChI=1S/C16H21N/c1-13(12-17)11-14-7-9-16(10-8-14)15-5-3-2-4-6-15/h7-10,13,15H,2-6,11H2,1H3. The van der Waals surface area contributed by atoms with Crippen LogP contribution in [0.3, 0.4) is 0 Å². The number of hydrogen-bond acceptors (Lipinski definition) is 1. The van der Waals surface area contributed by atoms with E-state index in [1.54, 1.807) is 0 Å². The van der Waals surface area contributed by atoms with Gasteiger partial charge in [0.1, 0.15) is 0 Å². The van der Waals surface area contributed by atoms with Gasteiger partial charge in [0, 0.05) is 5.92 Å². The summed E-state index contributed by atoms with van der Waals surface area (Å²) in [7, 11) is 0. The SMILES string of the molecule is CC(C#N)Cc1ccc(C2CCCCC2)cc1.